The number of rotatable bonds is 3. The molecule has 3 rings (SSSR count). The molecule has 0 spiro atoms. The van der Waals surface area contributed by atoms with Crippen molar-refractivity contribution in [3.05, 3.63) is 52.5 Å². The van der Waals surface area contributed by atoms with Crippen molar-refractivity contribution in [3.63, 3.8) is 0 Å². The van der Waals surface area contributed by atoms with E-state index in [4.69, 9.17) is 9.47 Å². The molecule has 0 saturated carbocycles. The second-order valence-electron chi connectivity index (χ2n) is 4.73. The van der Waals surface area contributed by atoms with Crippen LogP contribution in [0.4, 0.5) is 5.69 Å². The minimum Gasteiger partial charge on any atom is -0.497 e. The van der Waals surface area contributed by atoms with Crippen molar-refractivity contribution in [1.29, 1.82) is 0 Å². The van der Waals surface area contributed by atoms with E-state index in [9.17, 15) is 0 Å². The minimum absolute atomic E-state index is 0.727. The lowest BCUT2D eigenvalue weighted by Gasteiger charge is -2.31. The van der Waals surface area contributed by atoms with Gasteiger partial charge in [-0.25, -0.2) is 0 Å². The first-order valence-electron chi connectivity index (χ1n) is 6.56. The molecule has 0 fully saturated rings. The third kappa shape index (κ3) is 2.75. The number of anilines is 1. The highest BCUT2D eigenvalue weighted by Gasteiger charge is 2.18. The first kappa shape index (κ1) is 13.3. The van der Waals surface area contributed by atoms with Crippen molar-refractivity contribution in [3.8, 4) is 11.5 Å². The lowest BCUT2D eigenvalue weighted by atomic mass is 10.1. The molecule has 3 nitrogen and oxygen atoms in total. The maximum atomic E-state index is 5.70. The predicted octanol–water partition coefficient (Wildman–Crippen LogP) is 3.86. The highest BCUT2D eigenvalue weighted by Crippen LogP contribution is 2.35. The Balaban J connectivity index is 1.83. The highest BCUT2D eigenvalue weighted by molar-refractivity contribution is 9.10. The molecule has 0 aliphatic carbocycles. The molecule has 104 valence electrons. The van der Waals surface area contributed by atoms with E-state index in [0.29, 0.717) is 0 Å². The topological polar surface area (TPSA) is 21.7 Å². The Morgan fingerprint density at radius 1 is 1.20 bits per heavy atom. The molecule has 0 saturated heterocycles. The second-order valence-corrected chi connectivity index (χ2v) is 5.65. The van der Waals surface area contributed by atoms with E-state index in [1.165, 1.54) is 5.56 Å². The summed E-state index contributed by atoms with van der Waals surface area (Å²) in [5, 5.41) is 0. The van der Waals surface area contributed by atoms with E-state index in [1.807, 2.05) is 24.3 Å². The van der Waals surface area contributed by atoms with Crippen LogP contribution in [-0.4, -0.2) is 20.3 Å². The van der Waals surface area contributed by atoms with Gasteiger partial charge in [0, 0.05) is 11.0 Å². The normalized spacial score (nSPS) is 13.6. The van der Waals surface area contributed by atoms with Crippen molar-refractivity contribution < 1.29 is 9.47 Å². The number of hydrogen-bond donors (Lipinski definition) is 0. The zero-order valence-electron chi connectivity index (χ0n) is 11.3. The first-order valence-corrected chi connectivity index (χ1v) is 7.36. The number of halogens is 1. The lowest BCUT2D eigenvalue weighted by Crippen LogP contribution is -2.32. The Labute approximate surface area is 127 Å². The SMILES string of the molecule is COc1ccc(CN2CCOc3ccc(Br)cc32)cc1. The zero-order valence-corrected chi connectivity index (χ0v) is 12.9. The molecule has 1 aliphatic rings. The second kappa shape index (κ2) is 5.75. The summed E-state index contributed by atoms with van der Waals surface area (Å²) in [6.45, 7) is 2.50. The third-order valence-corrected chi connectivity index (χ3v) is 3.91. The van der Waals surface area contributed by atoms with Crippen molar-refractivity contribution in [2.45, 2.75) is 6.54 Å². The van der Waals surface area contributed by atoms with Gasteiger partial charge < -0.3 is 14.4 Å². The van der Waals surface area contributed by atoms with Gasteiger partial charge in [-0.15, -0.1) is 0 Å². The Morgan fingerprint density at radius 2 is 2.00 bits per heavy atom. The van der Waals surface area contributed by atoms with E-state index in [2.05, 4.69) is 39.0 Å². The molecular weight excluding hydrogens is 318 g/mol. The number of fused-ring (bicyclic) bond motifs is 1. The zero-order chi connectivity index (χ0) is 13.9. The lowest BCUT2D eigenvalue weighted by molar-refractivity contribution is 0.307. The quantitative estimate of drug-likeness (QED) is 0.851. The van der Waals surface area contributed by atoms with Crippen LogP contribution in [0, 0.1) is 0 Å². The molecule has 1 heterocycles. The van der Waals surface area contributed by atoms with Gasteiger partial charge >= 0.3 is 0 Å². The average molecular weight is 334 g/mol. The smallest absolute Gasteiger partial charge is 0.142 e. The van der Waals surface area contributed by atoms with E-state index in [1.54, 1.807) is 7.11 Å². The Bertz CT molecular complexity index is 598. The van der Waals surface area contributed by atoms with Crippen LogP contribution in [0.25, 0.3) is 0 Å². The fourth-order valence-electron chi connectivity index (χ4n) is 2.36. The number of hydrogen-bond acceptors (Lipinski definition) is 3. The fraction of sp³-hybridized carbons (Fsp3) is 0.250. The molecule has 20 heavy (non-hydrogen) atoms. The van der Waals surface area contributed by atoms with Crippen molar-refractivity contribution >= 4 is 21.6 Å². The Kier molecular flexibility index (Phi) is 3.83. The van der Waals surface area contributed by atoms with Gasteiger partial charge in [0.2, 0.25) is 0 Å². The summed E-state index contributed by atoms with van der Waals surface area (Å²) in [6, 6.07) is 14.3. The molecule has 0 unspecified atom stereocenters. The van der Waals surface area contributed by atoms with Gasteiger partial charge in [0.1, 0.15) is 18.1 Å². The highest BCUT2D eigenvalue weighted by atomic mass is 79.9. The molecule has 0 N–H and O–H groups in total. The van der Waals surface area contributed by atoms with E-state index >= 15 is 0 Å². The molecule has 0 radical (unpaired) electrons. The Hall–Kier alpha value is -1.68. The van der Waals surface area contributed by atoms with Crippen LogP contribution in [0.15, 0.2) is 46.9 Å². The Morgan fingerprint density at radius 3 is 2.75 bits per heavy atom. The van der Waals surface area contributed by atoms with Gasteiger partial charge in [0.05, 0.1) is 19.3 Å². The van der Waals surface area contributed by atoms with Crippen molar-refractivity contribution in [2.24, 2.45) is 0 Å². The largest absolute Gasteiger partial charge is 0.497 e. The van der Waals surface area contributed by atoms with Gasteiger partial charge in [-0.3, -0.25) is 0 Å². The van der Waals surface area contributed by atoms with Crippen LogP contribution in [0.5, 0.6) is 11.5 Å². The van der Waals surface area contributed by atoms with Crippen LogP contribution in [0.1, 0.15) is 5.56 Å². The summed E-state index contributed by atoms with van der Waals surface area (Å²) in [5.41, 5.74) is 2.40. The van der Waals surface area contributed by atoms with E-state index in [0.717, 1.165) is 41.4 Å². The van der Waals surface area contributed by atoms with E-state index < -0.39 is 0 Å². The van der Waals surface area contributed by atoms with Gasteiger partial charge in [-0.1, -0.05) is 28.1 Å². The molecule has 0 bridgehead atoms. The molecule has 0 amide bonds. The molecule has 2 aromatic carbocycles. The number of ether oxygens (including phenoxy) is 2. The van der Waals surface area contributed by atoms with Gasteiger partial charge in [0.15, 0.2) is 0 Å². The first-order chi connectivity index (χ1) is 9.76. The monoisotopic (exact) mass is 333 g/mol. The maximum Gasteiger partial charge on any atom is 0.142 e. The number of benzene rings is 2. The molecule has 0 atom stereocenters. The summed E-state index contributed by atoms with van der Waals surface area (Å²) in [6.07, 6.45) is 0. The summed E-state index contributed by atoms with van der Waals surface area (Å²) in [5.74, 6) is 1.84. The summed E-state index contributed by atoms with van der Waals surface area (Å²) < 4.78 is 12.0. The summed E-state index contributed by atoms with van der Waals surface area (Å²) in [4.78, 5) is 2.34. The van der Waals surface area contributed by atoms with Crippen LogP contribution < -0.4 is 14.4 Å². The molecule has 2 aromatic rings. The van der Waals surface area contributed by atoms with Crippen molar-refractivity contribution in [2.75, 3.05) is 25.2 Å². The molecule has 0 aromatic heterocycles. The summed E-state index contributed by atoms with van der Waals surface area (Å²) in [7, 11) is 1.69. The molecular formula is C16H16BrNO2. The summed E-state index contributed by atoms with van der Waals surface area (Å²) >= 11 is 3.52. The van der Waals surface area contributed by atoms with Crippen molar-refractivity contribution in [1.82, 2.24) is 0 Å². The van der Waals surface area contributed by atoms with Crippen LogP contribution in [0.2, 0.25) is 0 Å². The van der Waals surface area contributed by atoms with Crippen LogP contribution in [0.3, 0.4) is 0 Å². The minimum atomic E-state index is 0.727. The van der Waals surface area contributed by atoms with Crippen LogP contribution in [-0.2, 0) is 6.54 Å². The molecule has 1 aliphatic heterocycles. The van der Waals surface area contributed by atoms with Gasteiger partial charge in [-0.05, 0) is 35.9 Å². The predicted molar refractivity (Wildman–Crippen MR) is 83.7 cm³/mol. The average Bonchev–Trinajstić information content (AvgIpc) is 2.49. The number of methoxy groups -OCH3 is 1. The number of nitrogens with zero attached hydrogens (tertiary/aromatic N) is 1. The maximum absolute atomic E-state index is 5.70. The third-order valence-electron chi connectivity index (χ3n) is 3.41. The standard InChI is InChI=1S/C16H16BrNO2/c1-19-14-5-2-12(3-6-14)11-18-8-9-20-16-7-4-13(17)10-15(16)18/h2-7,10H,8-9,11H2,1H3. The fourth-order valence-corrected chi connectivity index (χ4v) is 2.71. The molecule has 4 heteroatoms. The van der Waals surface area contributed by atoms with E-state index in [-0.39, 0.29) is 0 Å². The van der Waals surface area contributed by atoms with Crippen LogP contribution >= 0.6 is 15.9 Å². The van der Waals surface area contributed by atoms with Gasteiger partial charge in [-0.2, -0.15) is 0 Å². The van der Waals surface area contributed by atoms with Gasteiger partial charge in [0.25, 0.3) is 0 Å².